The first kappa shape index (κ1) is 21.8. The number of nitrogens with one attached hydrogen (secondary N) is 1. The summed E-state index contributed by atoms with van der Waals surface area (Å²) >= 11 is 0. The summed E-state index contributed by atoms with van der Waals surface area (Å²) in [5, 5.41) is 3.15. The molecule has 0 saturated carbocycles. The van der Waals surface area contributed by atoms with Crippen LogP contribution in [0.25, 0.3) is 0 Å². The maximum absolute atomic E-state index is 12.4. The number of hydrogen-bond acceptors (Lipinski definition) is 3. The number of nitrogens with zero attached hydrogens (tertiary/aromatic N) is 1. The highest BCUT2D eigenvalue weighted by molar-refractivity contribution is 6.21. The molecule has 0 saturated heterocycles. The van der Waals surface area contributed by atoms with E-state index in [2.05, 4.69) is 19.2 Å². The fourth-order valence-electron chi connectivity index (χ4n) is 3.89. The molecule has 1 heterocycles. The van der Waals surface area contributed by atoms with Crippen LogP contribution in [-0.2, 0) is 4.79 Å². The van der Waals surface area contributed by atoms with E-state index in [0.717, 1.165) is 31.2 Å². The molecule has 2 aromatic rings. The standard InChI is InChI=1S/C25H30N2O3/c1-18(2)23(19-12-6-5-7-13-19)26-22(28)16-8-3-4-11-17-27-24(29)20-14-9-10-15-21(20)25(27)30/h5-7,9-10,12-15,18,23H,3-4,8,11,16-17H2,1-2H3,(H,26,28)/t23-/m0/s1. The van der Waals surface area contributed by atoms with Crippen LogP contribution in [0, 0.1) is 5.92 Å². The van der Waals surface area contributed by atoms with Gasteiger partial charge in [0.25, 0.3) is 11.8 Å². The summed E-state index contributed by atoms with van der Waals surface area (Å²) in [6, 6.07) is 17.0. The molecule has 5 heteroatoms. The SMILES string of the molecule is CC(C)[C@H](NC(=O)CCCCCCN1C(=O)c2ccccc2C1=O)c1ccccc1. The summed E-state index contributed by atoms with van der Waals surface area (Å²) in [5.74, 6) is -0.0138. The van der Waals surface area contributed by atoms with Crippen molar-refractivity contribution in [3.8, 4) is 0 Å². The Morgan fingerprint density at radius 2 is 1.40 bits per heavy atom. The summed E-state index contributed by atoms with van der Waals surface area (Å²) in [7, 11) is 0. The molecule has 1 aliphatic rings. The van der Waals surface area contributed by atoms with E-state index in [9.17, 15) is 14.4 Å². The molecular formula is C25H30N2O3. The van der Waals surface area contributed by atoms with Gasteiger partial charge in [-0.2, -0.15) is 0 Å². The summed E-state index contributed by atoms with van der Waals surface area (Å²) in [4.78, 5) is 38.4. The Morgan fingerprint density at radius 1 is 0.833 bits per heavy atom. The molecule has 1 N–H and O–H groups in total. The summed E-state index contributed by atoms with van der Waals surface area (Å²) < 4.78 is 0. The zero-order chi connectivity index (χ0) is 21.5. The van der Waals surface area contributed by atoms with Crippen molar-refractivity contribution in [3.05, 3.63) is 71.3 Å². The number of amides is 3. The fourth-order valence-corrected chi connectivity index (χ4v) is 3.89. The van der Waals surface area contributed by atoms with Crippen LogP contribution in [0.4, 0.5) is 0 Å². The van der Waals surface area contributed by atoms with Gasteiger partial charge in [0, 0.05) is 13.0 Å². The molecule has 0 spiro atoms. The van der Waals surface area contributed by atoms with Gasteiger partial charge in [-0.15, -0.1) is 0 Å². The molecule has 1 aliphatic heterocycles. The van der Waals surface area contributed by atoms with Crippen LogP contribution in [0.1, 0.15) is 78.3 Å². The highest BCUT2D eigenvalue weighted by Crippen LogP contribution is 2.23. The van der Waals surface area contributed by atoms with E-state index in [0.29, 0.717) is 30.0 Å². The molecule has 3 amide bonds. The number of unbranched alkanes of at least 4 members (excludes halogenated alkanes) is 3. The van der Waals surface area contributed by atoms with Crippen LogP contribution in [-0.4, -0.2) is 29.2 Å². The lowest BCUT2D eigenvalue weighted by molar-refractivity contribution is -0.122. The maximum atomic E-state index is 12.4. The van der Waals surface area contributed by atoms with Gasteiger partial charge < -0.3 is 5.32 Å². The number of benzene rings is 2. The molecule has 0 unspecified atom stereocenters. The van der Waals surface area contributed by atoms with Crippen molar-refractivity contribution in [1.29, 1.82) is 0 Å². The van der Waals surface area contributed by atoms with Crippen molar-refractivity contribution in [2.45, 2.75) is 52.0 Å². The third-order valence-corrected chi connectivity index (χ3v) is 5.56. The van der Waals surface area contributed by atoms with E-state index in [-0.39, 0.29) is 23.8 Å². The second kappa shape index (κ2) is 10.2. The van der Waals surface area contributed by atoms with Crippen LogP contribution in [0.5, 0.6) is 0 Å². The van der Waals surface area contributed by atoms with Gasteiger partial charge >= 0.3 is 0 Å². The van der Waals surface area contributed by atoms with Gasteiger partial charge in [-0.05, 0) is 36.5 Å². The van der Waals surface area contributed by atoms with E-state index in [1.165, 1.54) is 4.90 Å². The summed E-state index contributed by atoms with van der Waals surface area (Å²) in [6.07, 6.45) is 3.82. The van der Waals surface area contributed by atoms with Crippen molar-refractivity contribution < 1.29 is 14.4 Å². The van der Waals surface area contributed by atoms with Crippen LogP contribution in [0.2, 0.25) is 0 Å². The number of imide groups is 1. The second-order valence-electron chi connectivity index (χ2n) is 8.17. The molecule has 3 rings (SSSR count). The van der Waals surface area contributed by atoms with Gasteiger partial charge in [-0.1, -0.05) is 69.2 Å². The number of rotatable bonds is 10. The van der Waals surface area contributed by atoms with Gasteiger partial charge in [0.2, 0.25) is 5.91 Å². The molecule has 0 aliphatic carbocycles. The predicted molar refractivity (Wildman–Crippen MR) is 117 cm³/mol. The van der Waals surface area contributed by atoms with Crippen molar-refractivity contribution in [3.63, 3.8) is 0 Å². The van der Waals surface area contributed by atoms with Crippen molar-refractivity contribution in [2.75, 3.05) is 6.54 Å². The van der Waals surface area contributed by atoms with Crippen LogP contribution >= 0.6 is 0 Å². The van der Waals surface area contributed by atoms with E-state index in [1.807, 2.05) is 30.3 Å². The average molecular weight is 407 g/mol. The normalized spacial score (nSPS) is 14.2. The van der Waals surface area contributed by atoms with Crippen LogP contribution < -0.4 is 5.32 Å². The van der Waals surface area contributed by atoms with Gasteiger partial charge in [-0.3, -0.25) is 19.3 Å². The highest BCUT2D eigenvalue weighted by atomic mass is 16.2. The predicted octanol–water partition coefficient (Wildman–Crippen LogP) is 4.75. The average Bonchev–Trinajstić information content (AvgIpc) is 2.99. The Morgan fingerprint density at radius 3 is 2.00 bits per heavy atom. The highest BCUT2D eigenvalue weighted by Gasteiger charge is 2.34. The molecule has 1 atom stereocenters. The first-order valence-corrected chi connectivity index (χ1v) is 10.8. The smallest absolute Gasteiger partial charge is 0.261 e. The topological polar surface area (TPSA) is 66.5 Å². The fraction of sp³-hybridized carbons (Fsp3) is 0.400. The molecule has 30 heavy (non-hydrogen) atoms. The Bertz CT molecular complexity index is 857. The molecule has 0 aromatic heterocycles. The minimum Gasteiger partial charge on any atom is -0.349 e. The number of hydrogen-bond donors (Lipinski definition) is 1. The van der Waals surface area contributed by atoms with E-state index in [1.54, 1.807) is 24.3 Å². The Kier molecular flexibility index (Phi) is 7.39. The molecule has 158 valence electrons. The minimum atomic E-state index is -0.199. The molecule has 0 fully saturated rings. The zero-order valence-electron chi connectivity index (χ0n) is 17.8. The monoisotopic (exact) mass is 406 g/mol. The Balaban J connectivity index is 1.36. The quantitative estimate of drug-likeness (QED) is 0.457. The minimum absolute atomic E-state index is 0.0209. The largest absolute Gasteiger partial charge is 0.349 e. The van der Waals surface area contributed by atoms with Gasteiger partial charge in [0.05, 0.1) is 17.2 Å². The molecule has 5 nitrogen and oxygen atoms in total. The zero-order valence-corrected chi connectivity index (χ0v) is 17.8. The van der Waals surface area contributed by atoms with Crippen molar-refractivity contribution in [2.24, 2.45) is 5.92 Å². The lowest BCUT2D eigenvalue weighted by Gasteiger charge is -2.23. The van der Waals surface area contributed by atoms with E-state index >= 15 is 0 Å². The van der Waals surface area contributed by atoms with Gasteiger partial charge in [0.15, 0.2) is 0 Å². The lowest BCUT2D eigenvalue weighted by Crippen LogP contribution is -2.31. The van der Waals surface area contributed by atoms with Crippen molar-refractivity contribution >= 4 is 17.7 Å². The molecule has 2 aromatic carbocycles. The third-order valence-electron chi connectivity index (χ3n) is 5.56. The first-order chi connectivity index (χ1) is 14.5. The summed E-state index contributed by atoms with van der Waals surface area (Å²) in [6.45, 7) is 4.65. The number of carbonyl (C=O) groups excluding carboxylic acids is 3. The van der Waals surface area contributed by atoms with Crippen LogP contribution in [0.3, 0.4) is 0 Å². The second-order valence-corrected chi connectivity index (χ2v) is 8.17. The Labute approximate surface area is 178 Å². The summed E-state index contributed by atoms with van der Waals surface area (Å²) in [5.41, 5.74) is 2.12. The van der Waals surface area contributed by atoms with E-state index in [4.69, 9.17) is 0 Å². The number of fused-ring (bicyclic) bond motifs is 1. The molecule has 0 radical (unpaired) electrons. The van der Waals surface area contributed by atoms with Gasteiger partial charge in [0.1, 0.15) is 0 Å². The Hall–Kier alpha value is -2.95. The third kappa shape index (κ3) is 5.15. The van der Waals surface area contributed by atoms with E-state index < -0.39 is 0 Å². The van der Waals surface area contributed by atoms with Gasteiger partial charge in [-0.25, -0.2) is 0 Å². The van der Waals surface area contributed by atoms with Crippen LogP contribution in [0.15, 0.2) is 54.6 Å². The maximum Gasteiger partial charge on any atom is 0.261 e. The first-order valence-electron chi connectivity index (χ1n) is 10.8. The molecular weight excluding hydrogens is 376 g/mol. The number of carbonyl (C=O) groups is 3. The molecule has 0 bridgehead atoms. The lowest BCUT2D eigenvalue weighted by atomic mass is 9.96. The van der Waals surface area contributed by atoms with Crippen molar-refractivity contribution in [1.82, 2.24) is 10.2 Å².